The zero-order valence-corrected chi connectivity index (χ0v) is 15.5. The molecule has 0 spiro atoms. The molecule has 0 radical (unpaired) electrons. The minimum absolute atomic E-state index is 0. The molecule has 0 aromatic heterocycles. The van der Waals surface area contributed by atoms with E-state index in [2.05, 4.69) is 0 Å². The van der Waals surface area contributed by atoms with Gasteiger partial charge >= 0.3 is 5.97 Å². The molecule has 11 nitrogen and oxygen atoms in total. The highest BCUT2D eigenvalue weighted by Crippen LogP contribution is 2.34. The molecule has 0 bridgehead atoms. The molecule has 0 aliphatic carbocycles. The van der Waals surface area contributed by atoms with Crippen molar-refractivity contribution >= 4 is 11.7 Å². The summed E-state index contributed by atoms with van der Waals surface area (Å²) in [5, 5.41) is 50.2. The van der Waals surface area contributed by atoms with Crippen molar-refractivity contribution in [2.75, 3.05) is 6.61 Å². The van der Waals surface area contributed by atoms with E-state index >= 15 is 0 Å². The van der Waals surface area contributed by atoms with E-state index in [-0.39, 0.29) is 22.5 Å². The molecule has 0 saturated carbocycles. The molecular weight excluding hydrogens is 402 g/mol. The Morgan fingerprint density at radius 3 is 2.40 bits per heavy atom. The van der Waals surface area contributed by atoms with Gasteiger partial charge in [0, 0.05) is 27.8 Å². The second-order valence-corrected chi connectivity index (χ2v) is 6.52. The number of rotatable bonds is 6. The Labute approximate surface area is 170 Å². The number of carbonyl (C=O) groups is 1. The highest BCUT2D eigenvalue weighted by atomic mass is 16.7. The number of nitroso groups, excluding NO2 is 1. The molecule has 1 aliphatic heterocycles. The van der Waals surface area contributed by atoms with Crippen molar-refractivity contribution in [3.05, 3.63) is 52.9 Å². The zero-order chi connectivity index (χ0) is 21.1. The lowest BCUT2D eigenvalue weighted by Crippen LogP contribution is -2.60. The van der Waals surface area contributed by atoms with Gasteiger partial charge in [-0.2, -0.15) is 0 Å². The Kier molecular flexibility index (Phi) is 7.56. The fourth-order valence-corrected chi connectivity index (χ4v) is 3.06. The molecule has 5 atom stereocenters. The molecular formula is C19H21NO10. The molecule has 0 amide bonds. The van der Waals surface area contributed by atoms with Crippen LogP contribution in [0.2, 0.25) is 0 Å². The Balaban J connectivity index is 0.00000320. The van der Waals surface area contributed by atoms with Crippen LogP contribution in [0.4, 0.5) is 5.69 Å². The van der Waals surface area contributed by atoms with Crippen LogP contribution >= 0.6 is 0 Å². The number of hydrogen-bond acceptors (Lipinski definition) is 9. The van der Waals surface area contributed by atoms with Crippen molar-refractivity contribution in [2.45, 2.75) is 30.7 Å². The van der Waals surface area contributed by atoms with Crippen molar-refractivity contribution in [2.24, 2.45) is 0 Å². The summed E-state index contributed by atoms with van der Waals surface area (Å²) in [6.07, 6.45) is -7.29. The minimum atomic E-state index is -1.61. The van der Waals surface area contributed by atoms with Crippen LogP contribution in [0.1, 0.15) is 10.4 Å². The van der Waals surface area contributed by atoms with Crippen LogP contribution in [-0.2, 0) is 4.74 Å². The predicted molar refractivity (Wildman–Crippen MR) is 99.2 cm³/mol. The number of ether oxygens (including phenoxy) is 2. The number of aliphatic hydroxyl groups is 4. The van der Waals surface area contributed by atoms with Crippen LogP contribution in [0.5, 0.6) is 5.75 Å². The molecule has 11 heteroatoms. The predicted octanol–water partition coefficient (Wildman–Crippen LogP) is -1.47. The van der Waals surface area contributed by atoms with Crippen molar-refractivity contribution in [3.8, 4) is 16.9 Å². The van der Waals surface area contributed by atoms with Crippen molar-refractivity contribution in [1.82, 2.24) is 0 Å². The van der Waals surface area contributed by atoms with Crippen molar-refractivity contribution in [3.63, 3.8) is 0 Å². The average molecular weight is 423 g/mol. The van der Waals surface area contributed by atoms with Crippen LogP contribution in [0.3, 0.4) is 0 Å². The molecule has 3 rings (SSSR count). The third-order valence-electron chi connectivity index (χ3n) is 4.59. The van der Waals surface area contributed by atoms with Crippen molar-refractivity contribution < 1.29 is 50.5 Å². The molecule has 1 saturated heterocycles. The van der Waals surface area contributed by atoms with Crippen molar-refractivity contribution in [1.29, 1.82) is 0 Å². The van der Waals surface area contributed by atoms with Gasteiger partial charge in [0.2, 0.25) is 6.29 Å². The van der Waals surface area contributed by atoms with Gasteiger partial charge in [-0.05, 0) is 17.7 Å². The fourth-order valence-electron chi connectivity index (χ4n) is 3.06. The Morgan fingerprint density at radius 2 is 1.77 bits per heavy atom. The second kappa shape index (κ2) is 9.71. The van der Waals surface area contributed by atoms with Crippen LogP contribution in [0.15, 0.2) is 42.5 Å². The minimum Gasteiger partial charge on any atom is -0.870 e. The molecule has 30 heavy (non-hydrogen) atoms. The molecule has 2 aromatic rings. The first-order valence-electron chi connectivity index (χ1n) is 8.68. The van der Waals surface area contributed by atoms with E-state index in [1.165, 1.54) is 24.3 Å². The van der Waals surface area contributed by atoms with E-state index in [1.807, 2.05) is 0 Å². The number of nitrogens with one attached hydrogen (secondary N) is 1. The number of carboxylic acids is 1. The highest BCUT2D eigenvalue weighted by molar-refractivity contribution is 5.91. The lowest BCUT2D eigenvalue weighted by Gasteiger charge is -2.39. The number of carboxylic acid groups (broad SMARTS) is 1. The summed E-state index contributed by atoms with van der Waals surface area (Å²) in [5.41, 5.74) is 0.651. The Bertz CT molecular complexity index is 903. The summed E-state index contributed by atoms with van der Waals surface area (Å²) in [5.74, 6) is -1.06. The lowest BCUT2D eigenvalue weighted by atomic mass is 9.99. The summed E-state index contributed by atoms with van der Waals surface area (Å²) < 4.78 is 11.0. The van der Waals surface area contributed by atoms with Crippen LogP contribution in [0.25, 0.3) is 11.1 Å². The van der Waals surface area contributed by atoms with Crippen LogP contribution in [0, 0.1) is 4.91 Å². The fraction of sp³-hybridized carbons (Fsp3) is 0.316. The Hall–Kier alpha value is -2.93. The quantitative estimate of drug-likeness (QED) is 0.319. The SMILES string of the molecule is O=[NH+]c1cc(C(=O)O)cc(-c2ccccc2O[C@@H]2O[C@H](CO)[C@H](O)[C@H](O)[C@H]2O)c1.[OH-]. The van der Waals surface area contributed by atoms with Gasteiger partial charge in [0.05, 0.1) is 12.2 Å². The summed E-state index contributed by atoms with van der Waals surface area (Å²) in [4.78, 5) is 22.4. The molecule has 162 valence electrons. The standard InChI is InChI=1S/C19H19NO9.H2O/c21-8-14-15(22)16(23)17(24)19(29-14)28-13-4-2-1-3-12(13)9-5-10(18(25)26)7-11(6-9)20-27;/h1-7,14-17,19,21-24H,8H2,(H,25,26);1H2/t14-,15+,16+,17-,19-;/m1./s1. The maximum Gasteiger partial charge on any atom is 0.335 e. The van der Waals surface area contributed by atoms with Crippen LogP contribution < -0.4 is 9.91 Å². The summed E-state index contributed by atoms with van der Waals surface area (Å²) in [7, 11) is 0. The molecule has 1 fully saturated rings. The molecule has 1 heterocycles. The smallest absolute Gasteiger partial charge is 0.335 e. The van der Waals surface area contributed by atoms with E-state index in [0.29, 0.717) is 11.1 Å². The number of hydrogen-bond donors (Lipinski definition) is 6. The Morgan fingerprint density at radius 1 is 1.07 bits per heavy atom. The van der Waals surface area contributed by atoms with Crippen LogP contribution in [-0.4, -0.2) is 74.3 Å². The highest BCUT2D eigenvalue weighted by Gasteiger charge is 2.44. The third kappa shape index (κ3) is 4.62. The van der Waals surface area contributed by atoms with E-state index in [0.717, 1.165) is 0 Å². The largest absolute Gasteiger partial charge is 0.870 e. The number of aliphatic hydroxyl groups excluding tert-OH is 4. The van der Waals surface area contributed by atoms with Gasteiger partial charge in [0.1, 0.15) is 30.2 Å². The number of aromatic carboxylic acids is 1. The molecule has 0 unspecified atom stereocenters. The maximum atomic E-state index is 11.3. The summed E-state index contributed by atoms with van der Waals surface area (Å²) >= 11 is 0. The lowest BCUT2D eigenvalue weighted by molar-refractivity contribution is -0.379. The van der Waals surface area contributed by atoms with E-state index in [1.54, 1.807) is 23.4 Å². The van der Waals surface area contributed by atoms with Gasteiger partial charge in [-0.25, -0.2) is 4.79 Å². The van der Waals surface area contributed by atoms with E-state index < -0.39 is 43.3 Å². The summed E-state index contributed by atoms with van der Waals surface area (Å²) in [6, 6.07) is 10.4. The van der Waals surface area contributed by atoms with Gasteiger partial charge in [-0.15, -0.1) is 0 Å². The average Bonchev–Trinajstić information content (AvgIpc) is 2.74. The maximum absolute atomic E-state index is 11.3. The normalized spacial score (nSPS) is 25.8. The molecule has 7 N–H and O–H groups in total. The topological polar surface area (TPSA) is 198 Å². The number of benzene rings is 2. The summed E-state index contributed by atoms with van der Waals surface area (Å²) in [6.45, 7) is -0.606. The first kappa shape index (κ1) is 23.3. The van der Waals surface area contributed by atoms with Gasteiger partial charge in [0.25, 0.3) is 5.69 Å². The van der Waals surface area contributed by atoms with Gasteiger partial charge in [0.15, 0.2) is 0 Å². The monoisotopic (exact) mass is 423 g/mol. The first-order chi connectivity index (χ1) is 13.8. The molecule has 1 aliphatic rings. The first-order valence-corrected chi connectivity index (χ1v) is 8.68. The van der Waals surface area contributed by atoms with E-state index in [9.17, 15) is 35.2 Å². The number of para-hydroxylation sites is 1. The second-order valence-electron chi connectivity index (χ2n) is 6.52. The third-order valence-corrected chi connectivity index (χ3v) is 4.59. The molecule has 2 aromatic carbocycles. The van der Waals surface area contributed by atoms with E-state index in [4.69, 9.17) is 9.47 Å². The van der Waals surface area contributed by atoms with Gasteiger partial charge in [-0.1, -0.05) is 18.2 Å². The van der Waals surface area contributed by atoms with Gasteiger partial charge < -0.3 is 40.5 Å². The van der Waals surface area contributed by atoms with Gasteiger partial charge in [-0.3, -0.25) is 0 Å². The zero-order valence-electron chi connectivity index (χ0n) is 15.5.